The highest BCUT2D eigenvalue weighted by Crippen LogP contribution is 2.39. The normalized spacial score (nSPS) is 24.2. The summed E-state index contributed by atoms with van der Waals surface area (Å²) in [7, 11) is 0. The first-order valence-electron chi connectivity index (χ1n) is 10.7. The van der Waals surface area contributed by atoms with Crippen molar-refractivity contribution in [2.75, 3.05) is 11.4 Å². The zero-order valence-electron chi connectivity index (χ0n) is 18.1. The molecule has 2 saturated heterocycles. The number of hydrogen-bond donors (Lipinski definition) is 1. The van der Waals surface area contributed by atoms with Crippen molar-refractivity contribution in [1.29, 1.82) is 0 Å². The zero-order chi connectivity index (χ0) is 22.2. The summed E-state index contributed by atoms with van der Waals surface area (Å²) in [6.45, 7) is 7.43. The molecule has 2 aliphatic rings. The van der Waals surface area contributed by atoms with Crippen molar-refractivity contribution in [1.82, 2.24) is 10.2 Å². The number of urea groups is 1. The van der Waals surface area contributed by atoms with Crippen LogP contribution in [0, 0.1) is 5.82 Å². The van der Waals surface area contributed by atoms with Gasteiger partial charge in [0, 0.05) is 24.8 Å². The molecule has 0 aromatic heterocycles. The molecular weight excluding hydrogens is 397 g/mol. The number of carbonyl (C=O) groups is 2. The third-order valence-corrected chi connectivity index (χ3v) is 6.07. The van der Waals surface area contributed by atoms with Crippen LogP contribution < -0.4 is 15.0 Å². The van der Waals surface area contributed by atoms with Crippen molar-refractivity contribution in [2.45, 2.75) is 57.8 Å². The Morgan fingerprint density at radius 1 is 1.19 bits per heavy atom. The maximum absolute atomic E-state index is 13.8. The molecule has 31 heavy (non-hydrogen) atoms. The lowest BCUT2D eigenvalue weighted by molar-refractivity contribution is -0.125. The maximum Gasteiger partial charge on any atom is 0.329 e. The maximum atomic E-state index is 13.8. The minimum absolute atomic E-state index is 0.0520. The van der Waals surface area contributed by atoms with Gasteiger partial charge in [-0.2, -0.15) is 0 Å². The highest BCUT2D eigenvalue weighted by Gasteiger charge is 2.56. The molecule has 2 atom stereocenters. The van der Waals surface area contributed by atoms with Crippen LogP contribution in [0.15, 0.2) is 48.5 Å². The van der Waals surface area contributed by atoms with Crippen LogP contribution in [0.2, 0.25) is 0 Å². The van der Waals surface area contributed by atoms with Crippen molar-refractivity contribution >= 4 is 17.6 Å². The minimum Gasteiger partial charge on any atom is -0.491 e. The molecule has 3 amide bonds. The van der Waals surface area contributed by atoms with E-state index >= 15 is 0 Å². The van der Waals surface area contributed by atoms with Crippen molar-refractivity contribution in [3.8, 4) is 5.75 Å². The lowest BCUT2D eigenvalue weighted by Gasteiger charge is -2.45. The topological polar surface area (TPSA) is 61.9 Å². The molecule has 0 saturated carbocycles. The van der Waals surface area contributed by atoms with Gasteiger partial charge in [-0.3, -0.25) is 19.9 Å². The first kappa shape index (κ1) is 21.3. The lowest BCUT2D eigenvalue weighted by atomic mass is 9.81. The molecule has 7 heteroatoms. The van der Waals surface area contributed by atoms with Crippen LogP contribution in [0.25, 0.3) is 0 Å². The molecule has 2 heterocycles. The Bertz CT molecular complexity index is 996. The van der Waals surface area contributed by atoms with Crippen LogP contribution >= 0.6 is 0 Å². The van der Waals surface area contributed by atoms with E-state index in [2.05, 4.69) is 23.2 Å². The molecule has 0 radical (unpaired) electrons. The molecule has 2 aromatic carbocycles. The number of ether oxygens (including phenoxy) is 1. The number of piperidine rings is 1. The number of likely N-dealkylation sites (tertiary alicyclic amines) is 1. The Balaban J connectivity index is 1.53. The number of anilines is 1. The zero-order valence-corrected chi connectivity index (χ0v) is 18.1. The van der Waals surface area contributed by atoms with Crippen LogP contribution in [0.4, 0.5) is 14.9 Å². The number of hydrogen-bond acceptors (Lipinski definition) is 4. The van der Waals surface area contributed by atoms with Gasteiger partial charge >= 0.3 is 6.03 Å². The van der Waals surface area contributed by atoms with Crippen LogP contribution in [-0.4, -0.2) is 41.1 Å². The summed E-state index contributed by atoms with van der Waals surface area (Å²) in [5.41, 5.74) is 0.543. The van der Waals surface area contributed by atoms with Gasteiger partial charge in [-0.05, 0) is 69.5 Å². The largest absolute Gasteiger partial charge is 0.491 e. The molecule has 1 N–H and O–H groups in total. The van der Waals surface area contributed by atoms with Crippen LogP contribution in [0.1, 0.15) is 39.2 Å². The standard InChI is InChI=1S/C24H28FN3O3/c1-16(2)31-21-9-4-6-18(12-21)15-27-11-10-24(14-17(27)3)22(29)26-23(30)28(24)20-8-5-7-19(25)13-20/h4-9,12-13,16-17H,10-11,14-15H2,1-3H3,(H,26,29,30). The Morgan fingerprint density at radius 3 is 2.68 bits per heavy atom. The van der Waals surface area contributed by atoms with Crippen molar-refractivity contribution in [2.24, 2.45) is 0 Å². The van der Waals surface area contributed by atoms with Gasteiger partial charge in [-0.15, -0.1) is 0 Å². The fourth-order valence-corrected chi connectivity index (χ4v) is 4.68. The van der Waals surface area contributed by atoms with Crippen molar-refractivity contribution in [3.63, 3.8) is 0 Å². The second-order valence-corrected chi connectivity index (χ2v) is 8.69. The predicted molar refractivity (Wildman–Crippen MR) is 116 cm³/mol. The van der Waals surface area contributed by atoms with Gasteiger partial charge in [-0.25, -0.2) is 9.18 Å². The fraction of sp³-hybridized carbons (Fsp3) is 0.417. The van der Waals surface area contributed by atoms with Crippen LogP contribution in [-0.2, 0) is 11.3 Å². The number of nitrogens with zero attached hydrogens (tertiary/aromatic N) is 2. The van der Waals surface area contributed by atoms with Gasteiger partial charge in [0.1, 0.15) is 17.1 Å². The number of rotatable bonds is 5. The van der Waals surface area contributed by atoms with Gasteiger partial charge < -0.3 is 4.74 Å². The monoisotopic (exact) mass is 425 g/mol. The molecule has 2 fully saturated rings. The quantitative estimate of drug-likeness (QED) is 0.733. The molecule has 0 bridgehead atoms. The predicted octanol–water partition coefficient (Wildman–Crippen LogP) is 4.09. The second-order valence-electron chi connectivity index (χ2n) is 8.69. The van der Waals surface area contributed by atoms with Gasteiger partial charge in [-0.1, -0.05) is 18.2 Å². The van der Waals surface area contributed by atoms with Crippen LogP contribution in [0.3, 0.4) is 0 Å². The van der Waals surface area contributed by atoms with E-state index < -0.39 is 17.4 Å². The molecule has 0 aliphatic carbocycles. The van der Waals surface area contributed by atoms with Gasteiger partial charge in [0.25, 0.3) is 5.91 Å². The number of amides is 3. The van der Waals surface area contributed by atoms with E-state index in [1.807, 2.05) is 32.0 Å². The van der Waals surface area contributed by atoms with Gasteiger partial charge in [0.2, 0.25) is 0 Å². The SMILES string of the molecule is CC(C)Oc1cccc(CN2CCC3(CC2C)C(=O)NC(=O)N3c2cccc(F)c2)c1. The smallest absolute Gasteiger partial charge is 0.329 e. The first-order chi connectivity index (χ1) is 14.8. The summed E-state index contributed by atoms with van der Waals surface area (Å²) in [5.74, 6) is 0.0982. The Morgan fingerprint density at radius 2 is 1.97 bits per heavy atom. The van der Waals surface area contributed by atoms with E-state index in [1.54, 1.807) is 12.1 Å². The fourth-order valence-electron chi connectivity index (χ4n) is 4.68. The van der Waals surface area contributed by atoms with Gasteiger partial charge in [0.15, 0.2) is 0 Å². The summed E-state index contributed by atoms with van der Waals surface area (Å²) in [6, 6.07) is 13.5. The molecule has 2 unspecified atom stereocenters. The summed E-state index contributed by atoms with van der Waals surface area (Å²) in [6.07, 6.45) is 1.06. The Kier molecular flexibility index (Phi) is 5.71. The second kappa shape index (κ2) is 8.30. The number of halogens is 1. The molecule has 2 aromatic rings. The van der Waals surface area contributed by atoms with E-state index in [-0.39, 0.29) is 18.1 Å². The van der Waals surface area contributed by atoms with E-state index in [0.717, 1.165) is 17.9 Å². The molecule has 2 aliphatic heterocycles. The first-order valence-corrected chi connectivity index (χ1v) is 10.7. The Hall–Kier alpha value is -2.93. The molecule has 6 nitrogen and oxygen atoms in total. The molecule has 1 spiro atoms. The summed E-state index contributed by atoms with van der Waals surface area (Å²) < 4.78 is 19.6. The summed E-state index contributed by atoms with van der Waals surface area (Å²) >= 11 is 0. The summed E-state index contributed by atoms with van der Waals surface area (Å²) in [4.78, 5) is 29.3. The Labute approximate surface area is 182 Å². The molecular formula is C24H28FN3O3. The van der Waals surface area contributed by atoms with E-state index in [1.165, 1.54) is 17.0 Å². The molecule has 164 valence electrons. The third kappa shape index (κ3) is 4.14. The van der Waals surface area contributed by atoms with E-state index in [9.17, 15) is 14.0 Å². The van der Waals surface area contributed by atoms with Crippen LogP contribution in [0.5, 0.6) is 5.75 Å². The van der Waals surface area contributed by atoms with Crippen molar-refractivity contribution in [3.05, 3.63) is 59.9 Å². The number of nitrogens with one attached hydrogen (secondary N) is 1. The number of carbonyl (C=O) groups excluding carboxylic acids is 2. The average molecular weight is 426 g/mol. The highest BCUT2D eigenvalue weighted by atomic mass is 19.1. The van der Waals surface area contributed by atoms with Gasteiger partial charge in [0.05, 0.1) is 6.10 Å². The third-order valence-electron chi connectivity index (χ3n) is 6.07. The van der Waals surface area contributed by atoms with Crippen molar-refractivity contribution < 1.29 is 18.7 Å². The lowest BCUT2D eigenvalue weighted by Crippen LogP contribution is -2.59. The molecule has 4 rings (SSSR count). The number of benzene rings is 2. The van der Waals surface area contributed by atoms with E-state index in [0.29, 0.717) is 25.1 Å². The van der Waals surface area contributed by atoms with E-state index in [4.69, 9.17) is 4.74 Å². The number of imide groups is 1. The summed E-state index contributed by atoms with van der Waals surface area (Å²) in [5, 5.41) is 2.45. The highest BCUT2D eigenvalue weighted by molar-refractivity contribution is 6.17. The minimum atomic E-state index is -0.997. The average Bonchev–Trinajstić information content (AvgIpc) is 2.93.